The van der Waals surface area contributed by atoms with Gasteiger partial charge in [-0.2, -0.15) is 9.78 Å². The van der Waals surface area contributed by atoms with Gasteiger partial charge in [0.05, 0.1) is 19.3 Å². The summed E-state index contributed by atoms with van der Waals surface area (Å²) in [5, 5.41) is 19.5. The van der Waals surface area contributed by atoms with Gasteiger partial charge >= 0.3 is 0 Å². The highest BCUT2D eigenvalue weighted by atomic mass is 16.6. The highest BCUT2D eigenvalue weighted by molar-refractivity contribution is 5.94. The van der Waals surface area contributed by atoms with Crippen LogP contribution in [-0.2, 0) is 6.54 Å². The number of anilines is 1. The average molecular weight is 413 g/mol. The molecule has 3 aromatic rings. The lowest BCUT2D eigenvalue weighted by atomic mass is 10.2. The number of rotatable bonds is 10. The minimum absolute atomic E-state index is 0.0661. The maximum atomic E-state index is 12.8. The van der Waals surface area contributed by atoms with Crippen molar-refractivity contribution in [1.29, 1.82) is 0 Å². The van der Waals surface area contributed by atoms with Crippen molar-refractivity contribution >= 4 is 17.9 Å². The van der Waals surface area contributed by atoms with E-state index >= 15 is 0 Å². The molecule has 0 aliphatic carbocycles. The molecule has 30 heavy (non-hydrogen) atoms. The van der Waals surface area contributed by atoms with Crippen molar-refractivity contribution in [3.63, 3.8) is 0 Å². The van der Waals surface area contributed by atoms with E-state index in [1.54, 1.807) is 24.5 Å². The third-order valence-corrected chi connectivity index (χ3v) is 4.38. The van der Waals surface area contributed by atoms with Gasteiger partial charge in [-0.1, -0.05) is 19.1 Å². The van der Waals surface area contributed by atoms with Crippen LogP contribution >= 0.6 is 0 Å². The van der Waals surface area contributed by atoms with Crippen LogP contribution in [0, 0.1) is 0 Å². The van der Waals surface area contributed by atoms with E-state index in [4.69, 9.17) is 5.73 Å². The molecule has 0 bridgehead atoms. The van der Waals surface area contributed by atoms with Crippen LogP contribution in [0.3, 0.4) is 0 Å². The Bertz CT molecular complexity index is 976. The molecule has 0 saturated carbocycles. The first-order chi connectivity index (χ1) is 14.6. The topological polar surface area (TPSA) is 154 Å². The number of carbonyl (C=O) groups excluding carboxylic acids is 1. The SMILES string of the molecule is CCC[NH+](CCC)Cc1c(C(=O)NN=Cc2ccncc2)nnn1-c1nonc1N. The monoisotopic (exact) mass is 413 g/mol. The molecule has 158 valence electrons. The molecule has 3 aromatic heterocycles. The lowest BCUT2D eigenvalue weighted by Crippen LogP contribution is -3.10. The van der Waals surface area contributed by atoms with Crippen LogP contribution in [0.15, 0.2) is 34.3 Å². The lowest BCUT2D eigenvalue weighted by Gasteiger charge is -2.18. The van der Waals surface area contributed by atoms with E-state index in [0.29, 0.717) is 12.2 Å². The van der Waals surface area contributed by atoms with Crippen LogP contribution in [-0.4, -0.2) is 55.5 Å². The zero-order valence-corrected chi connectivity index (χ0v) is 16.9. The number of aromatic nitrogens is 6. The Morgan fingerprint density at radius 2 is 2.00 bits per heavy atom. The van der Waals surface area contributed by atoms with E-state index < -0.39 is 5.91 Å². The van der Waals surface area contributed by atoms with Crippen LogP contribution < -0.4 is 16.1 Å². The zero-order chi connectivity index (χ0) is 21.3. The fourth-order valence-corrected chi connectivity index (χ4v) is 3.06. The fraction of sp³-hybridized carbons (Fsp3) is 0.389. The molecule has 0 aliphatic heterocycles. The number of nitrogens with one attached hydrogen (secondary N) is 2. The van der Waals surface area contributed by atoms with Crippen molar-refractivity contribution < 1.29 is 14.3 Å². The second kappa shape index (κ2) is 10.2. The standard InChI is InChI=1S/C18H24N10O2/c1-3-9-27(10-4-2)12-14-15(22-26-28(14)17-16(19)24-30-25-17)18(29)23-21-11-13-5-7-20-8-6-13/h5-8,11H,3-4,9-10,12H2,1-2H3,(H2,19,24)(H,23,29)/p+1. The summed E-state index contributed by atoms with van der Waals surface area (Å²) in [7, 11) is 0. The minimum Gasteiger partial charge on any atom is -0.378 e. The molecule has 0 aromatic carbocycles. The van der Waals surface area contributed by atoms with E-state index in [-0.39, 0.29) is 17.3 Å². The molecule has 0 radical (unpaired) electrons. The Morgan fingerprint density at radius 3 is 2.63 bits per heavy atom. The normalized spacial score (nSPS) is 11.4. The summed E-state index contributed by atoms with van der Waals surface area (Å²) in [6.45, 7) is 6.62. The van der Waals surface area contributed by atoms with Crippen molar-refractivity contribution in [3.8, 4) is 5.82 Å². The van der Waals surface area contributed by atoms with Gasteiger partial charge < -0.3 is 10.6 Å². The van der Waals surface area contributed by atoms with E-state index in [9.17, 15) is 4.79 Å². The highest BCUT2D eigenvalue weighted by Crippen LogP contribution is 2.15. The predicted molar refractivity (Wildman–Crippen MR) is 108 cm³/mol. The Kier molecular flexibility index (Phi) is 7.16. The smallest absolute Gasteiger partial charge is 0.294 e. The number of nitrogen functional groups attached to an aromatic ring is 1. The first kappa shape index (κ1) is 21.0. The van der Waals surface area contributed by atoms with Gasteiger partial charge in [-0.05, 0) is 40.9 Å². The third kappa shape index (κ3) is 5.03. The number of hydrogen-bond acceptors (Lipinski definition) is 9. The van der Waals surface area contributed by atoms with Crippen molar-refractivity contribution in [2.24, 2.45) is 5.10 Å². The second-order valence-electron chi connectivity index (χ2n) is 6.68. The molecule has 0 fully saturated rings. The van der Waals surface area contributed by atoms with Crippen molar-refractivity contribution in [1.82, 2.24) is 35.7 Å². The Hall–Kier alpha value is -3.67. The Morgan fingerprint density at radius 1 is 1.27 bits per heavy atom. The number of pyridine rings is 1. The van der Waals surface area contributed by atoms with Gasteiger partial charge in [0, 0.05) is 12.4 Å². The zero-order valence-electron chi connectivity index (χ0n) is 16.9. The number of amides is 1. The number of nitrogens with zero attached hydrogens (tertiary/aromatic N) is 7. The highest BCUT2D eigenvalue weighted by Gasteiger charge is 2.26. The molecule has 3 rings (SSSR count). The number of hydrogen-bond donors (Lipinski definition) is 3. The molecular formula is C18H25N10O2+. The summed E-state index contributed by atoms with van der Waals surface area (Å²) in [5.41, 5.74) is 9.83. The third-order valence-electron chi connectivity index (χ3n) is 4.38. The maximum absolute atomic E-state index is 12.8. The van der Waals surface area contributed by atoms with Crippen molar-refractivity contribution in [2.45, 2.75) is 33.2 Å². The van der Waals surface area contributed by atoms with E-state index in [1.165, 1.54) is 15.8 Å². The average Bonchev–Trinajstić information content (AvgIpc) is 3.35. The molecule has 0 atom stereocenters. The first-order valence-corrected chi connectivity index (χ1v) is 9.74. The summed E-state index contributed by atoms with van der Waals surface area (Å²) in [6, 6.07) is 3.54. The number of hydrazone groups is 1. The largest absolute Gasteiger partial charge is 0.378 e. The Labute approximate surface area is 173 Å². The molecule has 1 amide bonds. The van der Waals surface area contributed by atoms with Gasteiger partial charge in [-0.25, -0.2) is 10.1 Å². The molecule has 0 aliphatic rings. The minimum atomic E-state index is -0.482. The van der Waals surface area contributed by atoms with Gasteiger partial charge in [-0.3, -0.25) is 9.78 Å². The lowest BCUT2D eigenvalue weighted by molar-refractivity contribution is -0.914. The van der Waals surface area contributed by atoms with Crippen LogP contribution in [0.2, 0.25) is 0 Å². The maximum Gasteiger partial charge on any atom is 0.294 e. The van der Waals surface area contributed by atoms with Gasteiger partial charge in [0.1, 0.15) is 12.2 Å². The first-order valence-electron chi connectivity index (χ1n) is 9.74. The molecule has 12 nitrogen and oxygen atoms in total. The summed E-state index contributed by atoms with van der Waals surface area (Å²) < 4.78 is 6.09. The van der Waals surface area contributed by atoms with E-state index in [1.807, 2.05) is 0 Å². The van der Waals surface area contributed by atoms with Crippen molar-refractivity contribution in [3.05, 3.63) is 41.5 Å². The Balaban J connectivity index is 1.87. The van der Waals surface area contributed by atoms with Gasteiger partial charge in [0.15, 0.2) is 5.69 Å². The van der Waals surface area contributed by atoms with Crippen LogP contribution in [0.4, 0.5) is 5.82 Å². The second-order valence-corrected chi connectivity index (χ2v) is 6.68. The molecule has 3 heterocycles. The number of quaternary nitrogens is 1. The summed E-state index contributed by atoms with van der Waals surface area (Å²) in [4.78, 5) is 18.0. The summed E-state index contributed by atoms with van der Waals surface area (Å²) in [6.07, 6.45) is 6.81. The van der Waals surface area contributed by atoms with Gasteiger partial charge in [-0.15, -0.1) is 5.10 Å². The molecule has 4 N–H and O–H groups in total. The van der Waals surface area contributed by atoms with Crippen LogP contribution in [0.1, 0.15) is 48.4 Å². The van der Waals surface area contributed by atoms with E-state index in [2.05, 4.69) is 54.6 Å². The summed E-state index contributed by atoms with van der Waals surface area (Å²) >= 11 is 0. The molecule has 0 unspecified atom stereocenters. The van der Waals surface area contributed by atoms with Crippen LogP contribution in [0.25, 0.3) is 5.82 Å². The molecule has 12 heteroatoms. The van der Waals surface area contributed by atoms with E-state index in [0.717, 1.165) is 31.5 Å². The molecule has 0 spiro atoms. The van der Waals surface area contributed by atoms with Crippen LogP contribution in [0.5, 0.6) is 0 Å². The molecule has 0 saturated heterocycles. The quantitative estimate of drug-likeness (QED) is 0.299. The predicted octanol–water partition coefficient (Wildman–Crippen LogP) is -0.404. The number of carbonyl (C=O) groups is 1. The molecular weight excluding hydrogens is 388 g/mol. The van der Waals surface area contributed by atoms with Crippen molar-refractivity contribution in [2.75, 3.05) is 18.8 Å². The number of nitrogens with two attached hydrogens (primary N) is 1. The van der Waals surface area contributed by atoms with Gasteiger partial charge in [0.2, 0.25) is 11.6 Å². The van der Waals surface area contributed by atoms with Gasteiger partial charge in [0.25, 0.3) is 5.91 Å². The summed E-state index contributed by atoms with van der Waals surface area (Å²) in [5.74, 6) is -0.218. The fourth-order valence-electron chi connectivity index (χ4n) is 3.06.